The Morgan fingerprint density at radius 3 is 2.55 bits per heavy atom. The summed E-state index contributed by atoms with van der Waals surface area (Å²) in [5.74, 6) is 1.65. The molecule has 0 saturated heterocycles. The number of hydrogen-bond acceptors (Lipinski definition) is 3. The van der Waals surface area contributed by atoms with Gasteiger partial charge in [0.1, 0.15) is 0 Å². The fourth-order valence-electron chi connectivity index (χ4n) is 2.34. The van der Waals surface area contributed by atoms with Crippen LogP contribution in [0.3, 0.4) is 0 Å². The Labute approximate surface area is 133 Å². The minimum Gasteiger partial charge on any atom is -0.493 e. The highest BCUT2D eigenvalue weighted by atomic mass is 16.5. The van der Waals surface area contributed by atoms with Gasteiger partial charge in [-0.05, 0) is 24.6 Å². The first kappa shape index (κ1) is 16.4. The van der Waals surface area contributed by atoms with Crippen molar-refractivity contribution in [1.82, 2.24) is 5.32 Å². The van der Waals surface area contributed by atoms with Gasteiger partial charge in [0, 0.05) is 18.5 Å². The molecule has 0 heterocycles. The molecule has 2 rings (SSSR count). The van der Waals surface area contributed by atoms with Crippen LogP contribution in [0.5, 0.6) is 11.5 Å². The SMILES string of the molecule is CCCNCc1cccc(OC)c1OCCc1ccccc1. The van der Waals surface area contributed by atoms with Crippen LogP contribution < -0.4 is 14.8 Å². The Hall–Kier alpha value is -2.00. The Morgan fingerprint density at radius 1 is 1.00 bits per heavy atom. The molecule has 0 amide bonds. The number of para-hydroxylation sites is 1. The maximum Gasteiger partial charge on any atom is 0.165 e. The third-order valence-corrected chi connectivity index (χ3v) is 3.50. The Balaban J connectivity index is 2.00. The molecule has 0 aromatic heterocycles. The fraction of sp³-hybridized carbons (Fsp3) is 0.368. The van der Waals surface area contributed by atoms with Crippen LogP contribution in [0.1, 0.15) is 24.5 Å². The molecule has 0 saturated carbocycles. The van der Waals surface area contributed by atoms with Crippen molar-refractivity contribution >= 4 is 0 Å². The lowest BCUT2D eigenvalue weighted by Gasteiger charge is -2.15. The summed E-state index contributed by atoms with van der Waals surface area (Å²) in [6, 6.07) is 16.4. The van der Waals surface area contributed by atoms with Gasteiger partial charge >= 0.3 is 0 Å². The van der Waals surface area contributed by atoms with Gasteiger partial charge in [-0.2, -0.15) is 0 Å². The lowest BCUT2D eigenvalue weighted by atomic mass is 10.1. The molecule has 0 aliphatic rings. The largest absolute Gasteiger partial charge is 0.493 e. The first-order chi connectivity index (χ1) is 10.8. The molecular formula is C19H25NO2. The molecule has 22 heavy (non-hydrogen) atoms. The zero-order chi connectivity index (χ0) is 15.6. The van der Waals surface area contributed by atoms with Gasteiger partial charge in [-0.1, -0.05) is 49.4 Å². The van der Waals surface area contributed by atoms with E-state index in [1.165, 1.54) is 5.56 Å². The first-order valence-corrected chi connectivity index (χ1v) is 7.88. The standard InChI is InChI=1S/C19H25NO2/c1-3-13-20-15-17-10-7-11-18(21-2)19(17)22-14-12-16-8-5-4-6-9-16/h4-11,20H,3,12-15H2,1-2H3. The zero-order valence-electron chi connectivity index (χ0n) is 13.5. The van der Waals surface area contributed by atoms with E-state index in [-0.39, 0.29) is 0 Å². The van der Waals surface area contributed by atoms with Crippen LogP contribution in [-0.2, 0) is 13.0 Å². The van der Waals surface area contributed by atoms with Gasteiger partial charge in [-0.25, -0.2) is 0 Å². The van der Waals surface area contributed by atoms with E-state index >= 15 is 0 Å². The highest BCUT2D eigenvalue weighted by molar-refractivity contribution is 5.46. The smallest absolute Gasteiger partial charge is 0.165 e. The van der Waals surface area contributed by atoms with Crippen LogP contribution in [0.25, 0.3) is 0 Å². The number of ether oxygens (including phenoxy) is 2. The number of nitrogens with one attached hydrogen (secondary N) is 1. The van der Waals surface area contributed by atoms with E-state index in [1.54, 1.807) is 7.11 Å². The van der Waals surface area contributed by atoms with E-state index in [4.69, 9.17) is 9.47 Å². The molecule has 0 bridgehead atoms. The van der Waals surface area contributed by atoms with Crippen LogP contribution in [0, 0.1) is 0 Å². The molecule has 0 spiro atoms. The van der Waals surface area contributed by atoms with Crippen molar-refractivity contribution in [2.75, 3.05) is 20.3 Å². The Morgan fingerprint density at radius 2 is 1.82 bits per heavy atom. The van der Waals surface area contributed by atoms with Crippen molar-refractivity contribution in [2.24, 2.45) is 0 Å². The summed E-state index contributed by atoms with van der Waals surface area (Å²) in [7, 11) is 1.68. The highest BCUT2D eigenvalue weighted by Gasteiger charge is 2.10. The summed E-state index contributed by atoms with van der Waals surface area (Å²) < 4.78 is 11.5. The zero-order valence-corrected chi connectivity index (χ0v) is 13.5. The number of methoxy groups -OCH3 is 1. The first-order valence-electron chi connectivity index (χ1n) is 7.88. The van der Waals surface area contributed by atoms with E-state index in [0.29, 0.717) is 6.61 Å². The summed E-state index contributed by atoms with van der Waals surface area (Å²) in [4.78, 5) is 0. The van der Waals surface area contributed by atoms with E-state index in [1.807, 2.05) is 18.2 Å². The molecule has 3 nitrogen and oxygen atoms in total. The summed E-state index contributed by atoms with van der Waals surface area (Å²) in [6.45, 7) is 4.60. The van der Waals surface area contributed by atoms with Crippen LogP contribution in [0.15, 0.2) is 48.5 Å². The fourth-order valence-corrected chi connectivity index (χ4v) is 2.34. The monoisotopic (exact) mass is 299 g/mol. The Kier molecular flexibility index (Phi) is 6.78. The molecule has 2 aromatic rings. The molecule has 0 fully saturated rings. The summed E-state index contributed by atoms with van der Waals surface area (Å²) >= 11 is 0. The third kappa shape index (κ3) is 4.78. The molecule has 0 atom stereocenters. The summed E-state index contributed by atoms with van der Waals surface area (Å²) in [5, 5.41) is 3.42. The normalized spacial score (nSPS) is 10.5. The van der Waals surface area contributed by atoms with Crippen molar-refractivity contribution in [2.45, 2.75) is 26.3 Å². The lowest BCUT2D eigenvalue weighted by Crippen LogP contribution is -2.15. The van der Waals surface area contributed by atoms with Gasteiger partial charge < -0.3 is 14.8 Å². The second kappa shape index (κ2) is 9.11. The van der Waals surface area contributed by atoms with Gasteiger partial charge in [0.2, 0.25) is 0 Å². The Bertz CT molecular complexity index is 555. The van der Waals surface area contributed by atoms with Gasteiger partial charge in [0.05, 0.1) is 13.7 Å². The number of benzene rings is 2. The second-order valence-corrected chi connectivity index (χ2v) is 5.21. The van der Waals surface area contributed by atoms with Crippen molar-refractivity contribution in [3.05, 3.63) is 59.7 Å². The molecule has 3 heteroatoms. The van der Waals surface area contributed by atoms with Gasteiger partial charge in [0.25, 0.3) is 0 Å². The minimum absolute atomic E-state index is 0.644. The number of hydrogen-bond donors (Lipinski definition) is 1. The molecule has 1 N–H and O–H groups in total. The minimum atomic E-state index is 0.644. The van der Waals surface area contributed by atoms with Gasteiger partial charge in [-0.15, -0.1) is 0 Å². The van der Waals surface area contributed by atoms with Crippen LogP contribution >= 0.6 is 0 Å². The average Bonchev–Trinajstić information content (AvgIpc) is 2.57. The molecule has 0 unspecified atom stereocenters. The summed E-state index contributed by atoms with van der Waals surface area (Å²) in [5.41, 5.74) is 2.42. The lowest BCUT2D eigenvalue weighted by molar-refractivity contribution is 0.294. The van der Waals surface area contributed by atoms with E-state index in [0.717, 1.165) is 43.0 Å². The van der Waals surface area contributed by atoms with Crippen molar-refractivity contribution < 1.29 is 9.47 Å². The van der Waals surface area contributed by atoms with Gasteiger partial charge in [-0.3, -0.25) is 0 Å². The average molecular weight is 299 g/mol. The highest BCUT2D eigenvalue weighted by Crippen LogP contribution is 2.31. The topological polar surface area (TPSA) is 30.5 Å². The molecule has 0 aliphatic carbocycles. The molecule has 0 aliphatic heterocycles. The van der Waals surface area contributed by atoms with E-state index in [9.17, 15) is 0 Å². The predicted octanol–water partition coefficient (Wildman–Crippen LogP) is 3.82. The quantitative estimate of drug-likeness (QED) is 0.714. The van der Waals surface area contributed by atoms with E-state index in [2.05, 4.69) is 42.6 Å². The van der Waals surface area contributed by atoms with Crippen LogP contribution in [0.2, 0.25) is 0 Å². The summed E-state index contributed by atoms with van der Waals surface area (Å²) in [6.07, 6.45) is 2.01. The van der Waals surface area contributed by atoms with Crippen molar-refractivity contribution in [3.8, 4) is 11.5 Å². The molecular weight excluding hydrogens is 274 g/mol. The van der Waals surface area contributed by atoms with Crippen LogP contribution in [0.4, 0.5) is 0 Å². The predicted molar refractivity (Wildman–Crippen MR) is 90.6 cm³/mol. The third-order valence-electron chi connectivity index (χ3n) is 3.50. The van der Waals surface area contributed by atoms with Crippen molar-refractivity contribution in [1.29, 1.82) is 0 Å². The number of rotatable bonds is 9. The maximum absolute atomic E-state index is 6.03. The van der Waals surface area contributed by atoms with Crippen molar-refractivity contribution in [3.63, 3.8) is 0 Å². The molecule has 0 radical (unpaired) electrons. The van der Waals surface area contributed by atoms with Gasteiger partial charge in [0.15, 0.2) is 11.5 Å². The second-order valence-electron chi connectivity index (χ2n) is 5.21. The molecule has 118 valence electrons. The molecule has 2 aromatic carbocycles. The van der Waals surface area contributed by atoms with E-state index < -0.39 is 0 Å². The van der Waals surface area contributed by atoms with Crippen LogP contribution in [-0.4, -0.2) is 20.3 Å². The maximum atomic E-state index is 6.03.